The van der Waals surface area contributed by atoms with Gasteiger partial charge in [0.05, 0.1) is 32.3 Å². The molecule has 0 fully saturated rings. The lowest BCUT2D eigenvalue weighted by molar-refractivity contribution is -0.162. The van der Waals surface area contributed by atoms with Crippen molar-refractivity contribution < 1.29 is 70.2 Å². The van der Waals surface area contributed by atoms with Gasteiger partial charge >= 0.3 is 24.7 Å². The molecule has 0 nitrogen and oxygen atoms in total. The number of aryl methyl sites for hydroxylation is 14. The van der Waals surface area contributed by atoms with Crippen LogP contribution in [0.4, 0.5) is 70.2 Å². The molecule has 0 aliphatic rings. The predicted molar refractivity (Wildman–Crippen MR) is 401 cm³/mol. The zero-order valence-corrected chi connectivity index (χ0v) is 66.8. The Hall–Kier alpha value is -5.84. The average molecular weight is 1770 g/mol. The van der Waals surface area contributed by atoms with Crippen molar-refractivity contribution >= 4 is 110 Å². The number of rotatable bonds is 0. The monoisotopic (exact) mass is 1770 g/mol. The molecule has 10 aromatic carbocycles. The third-order valence-electron chi connectivity index (χ3n) is 13.4. The van der Waals surface area contributed by atoms with Crippen molar-refractivity contribution in [3.63, 3.8) is 0 Å². The predicted octanol–water partition coefficient (Wildman–Crippen LogP) is 31.5. The van der Waals surface area contributed by atoms with E-state index in [0.29, 0.717) is 38.8 Å². The van der Waals surface area contributed by atoms with Crippen molar-refractivity contribution in [2.75, 3.05) is 0 Å². The molecular formula is C78H72Br4Cl4F16. The van der Waals surface area contributed by atoms with Gasteiger partial charge < -0.3 is 0 Å². The largest absolute Gasteiger partial charge is 0.417 e. The van der Waals surface area contributed by atoms with Crippen LogP contribution in [-0.2, 0) is 24.7 Å². The first kappa shape index (κ1) is 94.2. The van der Waals surface area contributed by atoms with E-state index in [0.717, 1.165) is 76.9 Å². The maximum atomic E-state index is 12.3. The highest BCUT2D eigenvalue weighted by Gasteiger charge is 2.43. The topological polar surface area (TPSA) is 0 Å². The summed E-state index contributed by atoms with van der Waals surface area (Å²) in [6.07, 6.45) is -19.5. The maximum absolute atomic E-state index is 12.3. The smallest absolute Gasteiger partial charge is 0.207 e. The Kier molecular flexibility index (Phi) is 40.8. The summed E-state index contributed by atoms with van der Waals surface area (Å²) in [6, 6.07) is 47.1. The normalized spacial score (nSPS) is 10.6. The number of alkyl halides is 12. The zero-order chi connectivity index (χ0) is 78.5. The molecule has 10 rings (SSSR count). The third-order valence-corrected chi connectivity index (χ3v) is 17.5. The van der Waals surface area contributed by atoms with E-state index in [9.17, 15) is 70.2 Å². The molecule has 0 radical (unpaired) electrons. The van der Waals surface area contributed by atoms with Crippen LogP contribution >= 0.6 is 110 Å². The SMILES string of the molecule is Cc1cc(Br)cc(Br)c1.Cc1cc(F)cc(F)c1.Cc1ccc(Br)c(Br)c1.Cc1ccc(C(F)(F)F)c(C(F)(F)F)c1.Cc1ccc(C(F)(F)F)cc1C(F)(F)F.Cc1ccc(C)c(C)c1.Cc1ccc(C)c(C)c1.Cc1ccc(Cl)c(Cl)c1.Cc1ccc(Cl)cc1Cl.Cc1ccc(F)c(F)c1. The Labute approximate surface area is 640 Å². The Morgan fingerprint density at radius 1 is 0.245 bits per heavy atom. The van der Waals surface area contributed by atoms with Crippen molar-refractivity contribution in [3.05, 3.63) is 343 Å². The fraction of sp³-hybridized carbons (Fsp3) is 0.231. The molecule has 0 aromatic heterocycles. The maximum Gasteiger partial charge on any atom is 0.417 e. The summed E-state index contributed by atoms with van der Waals surface area (Å²) in [5.41, 5.74) is 8.33. The van der Waals surface area contributed by atoms with E-state index < -0.39 is 70.2 Å². The van der Waals surface area contributed by atoms with Gasteiger partial charge in [-0.15, -0.1) is 0 Å². The number of hydrogen-bond donors (Lipinski definition) is 0. The fourth-order valence-electron chi connectivity index (χ4n) is 7.78. The van der Waals surface area contributed by atoms with Crippen molar-refractivity contribution in [2.24, 2.45) is 0 Å². The third kappa shape index (κ3) is 38.3. The average Bonchev–Trinajstić information content (AvgIpc) is 0.781. The van der Waals surface area contributed by atoms with Gasteiger partial charge in [0.2, 0.25) is 0 Å². The Balaban J connectivity index is 0.000000571. The van der Waals surface area contributed by atoms with Gasteiger partial charge in [-0.25, -0.2) is 17.6 Å². The number of halogens is 24. The quantitative estimate of drug-likeness (QED) is 0.133. The summed E-state index contributed by atoms with van der Waals surface area (Å²) in [5, 5.41) is 2.65. The molecule has 24 heteroatoms. The second-order valence-corrected chi connectivity index (χ2v) is 28.0. The molecule has 0 spiro atoms. The fourth-order valence-corrected chi connectivity index (χ4v) is 10.8. The summed E-state index contributed by atoms with van der Waals surface area (Å²) < 4.78 is 200. The molecule has 0 saturated heterocycles. The van der Waals surface area contributed by atoms with E-state index in [1.54, 1.807) is 26.0 Å². The highest BCUT2D eigenvalue weighted by atomic mass is 79.9. The van der Waals surface area contributed by atoms with Crippen molar-refractivity contribution in [1.29, 1.82) is 0 Å². The van der Waals surface area contributed by atoms with Crippen molar-refractivity contribution in [1.82, 2.24) is 0 Å². The molecule has 102 heavy (non-hydrogen) atoms. The van der Waals surface area contributed by atoms with Gasteiger partial charge in [-0.05, 0) is 293 Å². The van der Waals surface area contributed by atoms with Crippen molar-refractivity contribution in [2.45, 2.75) is 122 Å². The van der Waals surface area contributed by atoms with Crippen LogP contribution in [-0.4, -0.2) is 0 Å². The minimum absolute atomic E-state index is 0.120. The minimum Gasteiger partial charge on any atom is -0.207 e. The molecule has 0 atom stereocenters. The van der Waals surface area contributed by atoms with Gasteiger partial charge in [0.25, 0.3) is 0 Å². The summed E-state index contributed by atoms with van der Waals surface area (Å²) in [7, 11) is 0. The first-order valence-electron chi connectivity index (χ1n) is 29.9. The molecule has 0 amide bonds. The van der Waals surface area contributed by atoms with Crippen LogP contribution in [0.5, 0.6) is 0 Å². The van der Waals surface area contributed by atoms with E-state index in [2.05, 4.69) is 180 Å². The molecule has 552 valence electrons. The Morgan fingerprint density at radius 3 is 1.02 bits per heavy atom. The van der Waals surface area contributed by atoms with Gasteiger partial charge in [-0.3, -0.25) is 0 Å². The Bertz CT molecular complexity index is 3750. The summed E-state index contributed by atoms with van der Waals surface area (Å²) in [6.45, 7) is 26.6. The molecule has 0 saturated carbocycles. The Morgan fingerprint density at radius 2 is 0.647 bits per heavy atom. The standard InChI is InChI=1S/2C9H6F6.2C9H12.2C7H6Br2.2C7H6Cl2.2C7H6F2/c1-5-2-3-6(8(10,11)12)4-7(5)9(13,14)15;1-5-2-3-6(8(10,11)12)7(4-5)9(13,14)15;2*1-7-4-5-8(2)9(3)6-7;1-5-2-6(8)4-7(9)3-5;1-5-2-3-6(8)7(9)4-5;1-5-2-3-6(8)4-7(5)9;1-5-2-3-6(8)7(9)4-5;1-5-2-6(8)4-7(9)3-5;1-5-2-3-6(8)7(9)4-5/h2*2-4H,1H3;2*4-6H,1-3H3;6*2-4H,1H3. The summed E-state index contributed by atoms with van der Waals surface area (Å²) in [4.78, 5) is 0. The molecule has 0 N–H and O–H groups in total. The van der Waals surface area contributed by atoms with E-state index in [1.807, 2.05) is 50.2 Å². The van der Waals surface area contributed by atoms with Crippen LogP contribution in [0.1, 0.15) is 100 Å². The van der Waals surface area contributed by atoms with Gasteiger partial charge in [-0.1, -0.05) is 168 Å². The number of benzene rings is 10. The van der Waals surface area contributed by atoms with Gasteiger partial charge in [0, 0.05) is 34.0 Å². The van der Waals surface area contributed by atoms with Crippen LogP contribution in [0.3, 0.4) is 0 Å². The molecule has 0 bridgehead atoms. The second-order valence-electron chi connectivity index (χ2n) is 22.8. The molecule has 0 unspecified atom stereocenters. The summed E-state index contributed by atoms with van der Waals surface area (Å²) >= 11 is 36.2. The van der Waals surface area contributed by atoms with Crippen LogP contribution < -0.4 is 0 Å². The molecule has 10 aromatic rings. The molecule has 0 aliphatic carbocycles. The highest BCUT2D eigenvalue weighted by molar-refractivity contribution is 9.13. The van der Waals surface area contributed by atoms with Crippen LogP contribution in [0.15, 0.2) is 200 Å². The van der Waals surface area contributed by atoms with Crippen LogP contribution in [0.25, 0.3) is 0 Å². The zero-order valence-electron chi connectivity index (χ0n) is 57.4. The van der Waals surface area contributed by atoms with E-state index in [-0.39, 0.29) is 17.2 Å². The van der Waals surface area contributed by atoms with Gasteiger partial charge in [0.1, 0.15) is 11.6 Å². The highest BCUT2D eigenvalue weighted by Crippen LogP contribution is 2.41. The van der Waals surface area contributed by atoms with E-state index >= 15 is 0 Å². The lowest BCUT2D eigenvalue weighted by Crippen LogP contribution is -2.16. The van der Waals surface area contributed by atoms with Crippen LogP contribution in [0.2, 0.25) is 20.1 Å². The second kappa shape index (κ2) is 44.2. The summed E-state index contributed by atoms with van der Waals surface area (Å²) in [5.74, 6) is -2.62. The lowest BCUT2D eigenvalue weighted by Gasteiger charge is -2.15. The first-order chi connectivity index (χ1) is 46.8. The van der Waals surface area contributed by atoms with E-state index in [1.165, 1.54) is 69.6 Å². The van der Waals surface area contributed by atoms with Crippen LogP contribution in [0, 0.1) is 120 Å². The van der Waals surface area contributed by atoms with Gasteiger partial charge in [-0.2, -0.15) is 52.7 Å². The molecule has 0 heterocycles. The molecular weight excluding hydrogens is 1700 g/mol. The number of hydrogen-bond acceptors (Lipinski definition) is 0. The lowest BCUT2D eigenvalue weighted by atomic mass is 10.0. The van der Waals surface area contributed by atoms with E-state index in [4.69, 9.17) is 46.4 Å². The minimum atomic E-state index is -4.99. The van der Waals surface area contributed by atoms with Gasteiger partial charge in [0.15, 0.2) is 11.6 Å². The van der Waals surface area contributed by atoms with Crippen molar-refractivity contribution in [3.8, 4) is 0 Å². The first-order valence-corrected chi connectivity index (χ1v) is 34.6. The molecule has 0 aliphatic heterocycles.